The molecular formula is C14H18N4. The maximum absolute atomic E-state index is 4.45. The summed E-state index contributed by atoms with van der Waals surface area (Å²) in [5.41, 5.74) is 4.40. The van der Waals surface area contributed by atoms with Gasteiger partial charge in [0.1, 0.15) is 5.69 Å². The van der Waals surface area contributed by atoms with Crippen LogP contribution in [0.1, 0.15) is 29.7 Å². The van der Waals surface area contributed by atoms with Gasteiger partial charge in [-0.2, -0.15) is 0 Å². The number of pyridine rings is 1. The van der Waals surface area contributed by atoms with E-state index in [0.29, 0.717) is 0 Å². The van der Waals surface area contributed by atoms with E-state index in [1.165, 1.54) is 18.4 Å². The molecular weight excluding hydrogens is 224 g/mol. The summed E-state index contributed by atoms with van der Waals surface area (Å²) in [4.78, 5) is 12.2. The first-order valence-electron chi connectivity index (χ1n) is 6.43. The predicted octanol–water partition coefficient (Wildman–Crippen LogP) is 2.34. The van der Waals surface area contributed by atoms with E-state index in [9.17, 15) is 0 Å². The highest BCUT2D eigenvalue weighted by molar-refractivity contribution is 5.55. The van der Waals surface area contributed by atoms with E-state index in [4.69, 9.17) is 0 Å². The Morgan fingerprint density at radius 1 is 1.28 bits per heavy atom. The molecule has 1 saturated carbocycles. The van der Waals surface area contributed by atoms with Gasteiger partial charge in [-0.15, -0.1) is 0 Å². The zero-order valence-electron chi connectivity index (χ0n) is 10.8. The number of aromatic nitrogens is 3. The van der Waals surface area contributed by atoms with Crippen LogP contribution in [0.25, 0.3) is 11.5 Å². The highest BCUT2D eigenvalue weighted by Crippen LogP contribution is 2.20. The van der Waals surface area contributed by atoms with E-state index in [2.05, 4.69) is 40.2 Å². The van der Waals surface area contributed by atoms with Crippen molar-refractivity contribution in [2.45, 2.75) is 39.3 Å². The number of H-pyrrole nitrogens is 1. The lowest BCUT2D eigenvalue weighted by Gasteiger charge is -2.03. The third-order valence-corrected chi connectivity index (χ3v) is 3.23. The lowest BCUT2D eigenvalue weighted by Crippen LogP contribution is -2.15. The maximum atomic E-state index is 4.45. The molecule has 0 atom stereocenters. The number of aromatic amines is 1. The predicted molar refractivity (Wildman–Crippen MR) is 71.2 cm³/mol. The van der Waals surface area contributed by atoms with Crippen molar-refractivity contribution in [1.29, 1.82) is 0 Å². The molecule has 2 aromatic rings. The number of nitrogens with one attached hydrogen (secondary N) is 2. The van der Waals surface area contributed by atoms with Crippen LogP contribution in [0.5, 0.6) is 0 Å². The topological polar surface area (TPSA) is 53.6 Å². The van der Waals surface area contributed by atoms with E-state index in [0.717, 1.165) is 35.4 Å². The molecule has 4 heteroatoms. The molecule has 3 rings (SSSR count). The van der Waals surface area contributed by atoms with Gasteiger partial charge < -0.3 is 10.3 Å². The molecule has 0 unspecified atom stereocenters. The molecule has 2 N–H and O–H groups in total. The van der Waals surface area contributed by atoms with Crippen molar-refractivity contribution >= 4 is 0 Å². The minimum atomic E-state index is 0.719. The Hall–Kier alpha value is -1.68. The Morgan fingerprint density at radius 3 is 2.83 bits per heavy atom. The Kier molecular flexibility index (Phi) is 2.88. The van der Waals surface area contributed by atoms with Gasteiger partial charge in [0.25, 0.3) is 0 Å². The van der Waals surface area contributed by atoms with Gasteiger partial charge in [0.15, 0.2) is 5.82 Å². The molecule has 0 amide bonds. The molecule has 0 aliphatic heterocycles. The number of rotatable bonds is 4. The van der Waals surface area contributed by atoms with E-state index < -0.39 is 0 Å². The van der Waals surface area contributed by atoms with Gasteiger partial charge in [-0.1, -0.05) is 6.07 Å². The molecule has 1 fully saturated rings. The van der Waals surface area contributed by atoms with Crippen LogP contribution in [0.2, 0.25) is 0 Å². The molecule has 0 radical (unpaired) electrons. The first-order valence-corrected chi connectivity index (χ1v) is 6.43. The monoisotopic (exact) mass is 242 g/mol. The van der Waals surface area contributed by atoms with Crippen LogP contribution < -0.4 is 5.32 Å². The first-order chi connectivity index (χ1) is 8.72. The van der Waals surface area contributed by atoms with Crippen LogP contribution in [0, 0.1) is 13.8 Å². The summed E-state index contributed by atoms with van der Waals surface area (Å²) in [6, 6.07) is 2.85. The van der Waals surface area contributed by atoms with Crippen molar-refractivity contribution in [2.24, 2.45) is 0 Å². The third-order valence-electron chi connectivity index (χ3n) is 3.23. The third kappa shape index (κ3) is 2.43. The number of imidazole rings is 1. The largest absolute Gasteiger partial charge is 0.339 e. The van der Waals surface area contributed by atoms with Gasteiger partial charge in [-0.3, -0.25) is 4.98 Å². The summed E-state index contributed by atoms with van der Waals surface area (Å²) in [6.45, 7) is 4.99. The molecule has 0 saturated heterocycles. The molecule has 0 bridgehead atoms. The summed E-state index contributed by atoms with van der Waals surface area (Å²) in [6.07, 6.45) is 6.39. The normalized spacial score (nSPS) is 15.0. The van der Waals surface area contributed by atoms with Crippen LogP contribution in [0.3, 0.4) is 0 Å². The van der Waals surface area contributed by atoms with Crippen LogP contribution in [-0.2, 0) is 6.54 Å². The van der Waals surface area contributed by atoms with Crippen LogP contribution in [0.15, 0.2) is 18.5 Å². The van der Waals surface area contributed by atoms with Crippen LogP contribution >= 0.6 is 0 Å². The van der Waals surface area contributed by atoms with Crippen molar-refractivity contribution in [1.82, 2.24) is 20.3 Å². The molecule has 0 spiro atoms. The Bertz CT molecular complexity index is 555. The summed E-state index contributed by atoms with van der Waals surface area (Å²) in [5, 5.41) is 3.47. The summed E-state index contributed by atoms with van der Waals surface area (Å²) in [5.74, 6) is 0.861. The van der Waals surface area contributed by atoms with Gasteiger partial charge in [-0.25, -0.2) is 4.98 Å². The van der Waals surface area contributed by atoms with Gasteiger partial charge in [0, 0.05) is 24.5 Å². The molecule has 2 aromatic heterocycles. The first kappa shape index (κ1) is 11.4. The van der Waals surface area contributed by atoms with Gasteiger partial charge in [0.05, 0.1) is 6.20 Å². The van der Waals surface area contributed by atoms with Crippen LogP contribution in [-0.4, -0.2) is 21.0 Å². The van der Waals surface area contributed by atoms with E-state index in [-0.39, 0.29) is 0 Å². The SMILES string of the molecule is Cc1cnc(-c2ncc(CNC3CC3)[nH]2)c(C)c1. The quantitative estimate of drug-likeness (QED) is 0.865. The highest BCUT2D eigenvalue weighted by atomic mass is 15.0. The molecule has 0 aromatic carbocycles. The summed E-state index contributed by atoms with van der Waals surface area (Å²) >= 11 is 0. The average Bonchev–Trinajstić information content (AvgIpc) is 3.05. The fourth-order valence-corrected chi connectivity index (χ4v) is 2.07. The number of nitrogens with zero attached hydrogens (tertiary/aromatic N) is 2. The Morgan fingerprint density at radius 2 is 2.11 bits per heavy atom. The fraction of sp³-hybridized carbons (Fsp3) is 0.429. The fourth-order valence-electron chi connectivity index (χ4n) is 2.07. The number of hydrogen-bond donors (Lipinski definition) is 2. The summed E-state index contributed by atoms with van der Waals surface area (Å²) in [7, 11) is 0. The van der Waals surface area contributed by atoms with Crippen molar-refractivity contribution in [2.75, 3.05) is 0 Å². The van der Waals surface area contributed by atoms with Gasteiger partial charge in [-0.05, 0) is 37.8 Å². The Labute approximate surface area is 107 Å². The van der Waals surface area contributed by atoms with Gasteiger partial charge in [0.2, 0.25) is 0 Å². The van der Waals surface area contributed by atoms with Crippen molar-refractivity contribution in [3.05, 3.63) is 35.3 Å². The molecule has 2 heterocycles. The second-order valence-electron chi connectivity index (χ2n) is 5.09. The molecule has 1 aliphatic carbocycles. The zero-order chi connectivity index (χ0) is 12.5. The second kappa shape index (κ2) is 4.53. The lowest BCUT2D eigenvalue weighted by molar-refractivity contribution is 0.677. The van der Waals surface area contributed by atoms with Crippen molar-refractivity contribution < 1.29 is 0 Å². The van der Waals surface area contributed by atoms with E-state index in [1.807, 2.05) is 12.4 Å². The minimum Gasteiger partial charge on any atom is -0.339 e. The molecule has 4 nitrogen and oxygen atoms in total. The van der Waals surface area contributed by atoms with Gasteiger partial charge >= 0.3 is 0 Å². The Balaban J connectivity index is 1.78. The number of aryl methyl sites for hydroxylation is 2. The lowest BCUT2D eigenvalue weighted by atomic mass is 10.1. The standard InChI is InChI=1S/C14H18N4/c1-9-5-10(2)13(16-6-9)14-17-8-12(18-14)7-15-11-3-4-11/h5-6,8,11,15H,3-4,7H2,1-2H3,(H,17,18). The van der Waals surface area contributed by atoms with Crippen LogP contribution in [0.4, 0.5) is 0 Å². The van der Waals surface area contributed by atoms with E-state index in [1.54, 1.807) is 0 Å². The average molecular weight is 242 g/mol. The zero-order valence-corrected chi connectivity index (χ0v) is 10.8. The summed E-state index contributed by atoms with van der Waals surface area (Å²) < 4.78 is 0. The molecule has 1 aliphatic rings. The second-order valence-corrected chi connectivity index (χ2v) is 5.09. The molecule has 18 heavy (non-hydrogen) atoms. The number of hydrogen-bond acceptors (Lipinski definition) is 3. The highest BCUT2D eigenvalue weighted by Gasteiger charge is 2.20. The van der Waals surface area contributed by atoms with Crippen molar-refractivity contribution in [3.8, 4) is 11.5 Å². The van der Waals surface area contributed by atoms with Crippen molar-refractivity contribution in [3.63, 3.8) is 0 Å². The maximum Gasteiger partial charge on any atom is 0.156 e. The van der Waals surface area contributed by atoms with E-state index >= 15 is 0 Å². The minimum absolute atomic E-state index is 0.719. The molecule has 94 valence electrons. The smallest absolute Gasteiger partial charge is 0.156 e.